The third-order valence-electron chi connectivity index (χ3n) is 4.75. The molecule has 1 aliphatic rings. The van der Waals surface area contributed by atoms with Gasteiger partial charge in [-0.2, -0.15) is 0 Å². The molecular weight excluding hydrogens is 328 g/mol. The Bertz CT molecular complexity index is 976. The number of fused-ring (bicyclic) bond motifs is 1. The lowest BCUT2D eigenvalue weighted by Crippen LogP contribution is -2.49. The normalized spacial score (nSPS) is 15.3. The fraction of sp³-hybridized carbons (Fsp3) is 0.250. The van der Waals surface area contributed by atoms with Crippen molar-refractivity contribution in [3.63, 3.8) is 0 Å². The van der Waals surface area contributed by atoms with Gasteiger partial charge in [-0.25, -0.2) is 4.98 Å². The number of carbonyl (C=O) groups excluding carboxylic acids is 1. The van der Waals surface area contributed by atoms with Crippen LogP contribution in [0.1, 0.15) is 15.9 Å². The molecular formula is C20H20N4O2. The Morgan fingerprint density at radius 1 is 0.962 bits per heavy atom. The van der Waals surface area contributed by atoms with Gasteiger partial charge in [-0.15, -0.1) is 0 Å². The van der Waals surface area contributed by atoms with E-state index in [2.05, 4.69) is 22.0 Å². The van der Waals surface area contributed by atoms with Gasteiger partial charge >= 0.3 is 0 Å². The van der Waals surface area contributed by atoms with Crippen molar-refractivity contribution < 1.29 is 4.79 Å². The zero-order valence-corrected chi connectivity index (χ0v) is 14.4. The molecule has 3 aromatic rings. The van der Waals surface area contributed by atoms with Gasteiger partial charge in [0.25, 0.3) is 11.5 Å². The molecule has 6 heteroatoms. The van der Waals surface area contributed by atoms with E-state index in [-0.39, 0.29) is 17.0 Å². The largest absolute Gasteiger partial charge is 0.336 e. The molecule has 0 aliphatic carbocycles. The van der Waals surface area contributed by atoms with Gasteiger partial charge < -0.3 is 4.90 Å². The molecule has 1 amide bonds. The maximum absolute atomic E-state index is 12.8. The van der Waals surface area contributed by atoms with Gasteiger partial charge in [0.15, 0.2) is 0 Å². The summed E-state index contributed by atoms with van der Waals surface area (Å²) in [6.45, 7) is 3.69. The summed E-state index contributed by atoms with van der Waals surface area (Å²) >= 11 is 0. The minimum absolute atomic E-state index is 0.130. The van der Waals surface area contributed by atoms with Crippen molar-refractivity contribution >= 4 is 11.6 Å². The number of rotatable bonds is 3. The molecule has 0 saturated carbocycles. The number of nitrogens with zero attached hydrogens (tertiary/aromatic N) is 4. The SMILES string of the molecule is O=C(c1cnc2ccccn2c1=O)N1CCN(Cc2ccccc2)CC1. The first-order valence-electron chi connectivity index (χ1n) is 8.74. The first-order chi connectivity index (χ1) is 12.7. The van der Waals surface area contributed by atoms with E-state index in [0.717, 1.165) is 19.6 Å². The molecule has 4 rings (SSSR count). The zero-order valence-electron chi connectivity index (χ0n) is 14.4. The number of carbonyl (C=O) groups is 1. The van der Waals surface area contributed by atoms with Crippen LogP contribution in [0.15, 0.2) is 65.7 Å². The maximum atomic E-state index is 12.8. The predicted molar refractivity (Wildman–Crippen MR) is 99.1 cm³/mol. The number of aromatic nitrogens is 2. The molecule has 3 heterocycles. The second kappa shape index (κ2) is 7.09. The zero-order chi connectivity index (χ0) is 17.9. The quantitative estimate of drug-likeness (QED) is 0.722. The second-order valence-electron chi connectivity index (χ2n) is 6.46. The van der Waals surface area contributed by atoms with Gasteiger partial charge in [-0.1, -0.05) is 36.4 Å². The average Bonchev–Trinajstić information content (AvgIpc) is 2.69. The molecule has 26 heavy (non-hydrogen) atoms. The fourth-order valence-corrected chi connectivity index (χ4v) is 3.29. The van der Waals surface area contributed by atoms with Crippen LogP contribution < -0.4 is 5.56 Å². The molecule has 0 atom stereocenters. The van der Waals surface area contributed by atoms with Crippen molar-refractivity contribution in [1.29, 1.82) is 0 Å². The number of pyridine rings is 1. The Labute approximate surface area is 151 Å². The van der Waals surface area contributed by atoms with E-state index >= 15 is 0 Å². The van der Waals surface area contributed by atoms with Crippen LogP contribution >= 0.6 is 0 Å². The number of benzene rings is 1. The highest BCUT2D eigenvalue weighted by atomic mass is 16.2. The van der Waals surface area contributed by atoms with Crippen LogP contribution in [0.5, 0.6) is 0 Å². The lowest BCUT2D eigenvalue weighted by molar-refractivity contribution is 0.0626. The van der Waals surface area contributed by atoms with Crippen molar-refractivity contribution in [1.82, 2.24) is 19.2 Å². The molecule has 132 valence electrons. The van der Waals surface area contributed by atoms with Gasteiger partial charge in [0.2, 0.25) is 0 Å². The summed E-state index contributed by atoms with van der Waals surface area (Å²) in [5.41, 5.74) is 1.63. The highest BCUT2D eigenvalue weighted by Gasteiger charge is 2.24. The topological polar surface area (TPSA) is 57.9 Å². The monoisotopic (exact) mass is 348 g/mol. The summed E-state index contributed by atoms with van der Waals surface area (Å²) in [5.74, 6) is -0.236. The number of amides is 1. The Hall–Kier alpha value is -2.99. The third kappa shape index (κ3) is 3.23. The van der Waals surface area contributed by atoms with E-state index in [1.54, 1.807) is 23.2 Å². The highest BCUT2D eigenvalue weighted by molar-refractivity contribution is 5.93. The molecule has 1 aromatic carbocycles. The molecule has 1 saturated heterocycles. The molecule has 1 aliphatic heterocycles. The Morgan fingerprint density at radius 2 is 1.69 bits per heavy atom. The number of hydrogen-bond donors (Lipinski definition) is 0. The molecule has 0 radical (unpaired) electrons. The van der Waals surface area contributed by atoms with Gasteiger partial charge in [0.05, 0.1) is 0 Å². The Kier molecular flexibility index (Phi) is 4.50. The smallest absolute Gasteiger partial charge is 0.270 e. The Balaban J connectivity index is 1.45. The number of hydrogen-bond acceptors (Lipinski definition) is 4. The van der Waals surface area contributed by atoms with E-state index in [1.807, 2.05) is 24.3 Å². The van der Waals surface area contributed by atoms with Crippen molar-refractivity contribution in [3.8, 4) is 0 Å². The van der Waals surface area contributed by atoms with Crippen molar-refractivity contribution in [2.45, 2.75) is 6.54 Å². The van der Waals surface area contributed by atoms with Crippen LogP contribution in [-0.2, 0) is 6.54 Å². The van der Waals surface area contributed by atoms with Crippen LogP contribution in [0, 0.1) is 0 Å². The highest BCUT2D eigenvalue weighted by Crippen LogP contribution is 2.10. The first-order valence-corrected chi connectivity index (χ1v) is 8.74. The summed E-state index contributed by atoms with van der Waals surface area (Å²) < 4.78 is 1.42. The van der Waals surface area contributed by atoms with Crippen LogP contribution in [0.2, 0.25) is 0 Å². The molecule has 0 bridgehead atoms. The van der Waals surface area contributed by atoms with Gasteiger partial charge in [0, 0.05) is 45.1 Å². The van der Waals surface area contributed by atoms with Crippen LogP contribution in [0.3, 0.4) is 0 Å². The van der Waals surface area contributed by atoms with E-state index < -0.39 is 0 Å². The summed E-state index contributed by atoms with van der Waals surface area (Å²) in [4.78, 5) is 33.7. The minimum atomic E-state index is -0.313. The van der Waals surface area contributed by atoms with E-state index in [4.69, 9.17) is 0 Å². The maximum Gasteiger partial charge on any atom is 0.270 e. The third-order valence-corrected chi connectivity index (χ3v) is 4.75. The first kappa shape index (κ1) is 16.5. The molecule has 6 nitrogen and oxygen atoms in total. The molecule has 0 N–H and O–H groups in total. The fourth-order valence-electron chi connectivity index (χ4n) is 3.29. The van der Waals surface area contributed by atoms with Crippen molar-refractivity contribution in [2.75, 3.05) is 26.2 Å². The van der Waals surface area contributed by atoms with Gasteiger partial charge in [-0.05, 0) is 17.7 Å². The van der Waals surface area contributed by atoms with Gasteiger partial charge in [-0.3, -0.25) is 18.9 Å². The standard InChI is InChI=1S/C20H20N4O2/c25-19(17-14-21-18-8-4-5-9-24(18)20(17)26)23-12-10-22(11-13-23)15-16-6-2-1-3-7-16/h1-9,14H,10-13,15H2. The lowest BCUT2D eigenvalue weighted by atomic mass is 10.2. The number of piperazine rings is 1. The Morgan fingerprint density at radius 3 is 2.46 bits per heavy atom. The summed E-state index contributed by atoms with van der Waals surface area (Å²) in [5, 5.41) is 0. The second-order valence-corrected chi connectivity index (χ2v) is 6.46. The summed E-state index contributed by atoms with van der Waals surface area (Å²) in [6.07, 6.45) is 3.04. The minimum Gasteiger partial charge on any atom is -0.336 e. The van der Waals surface area contributed by atoms with Crippen LogP contribution in [0.4, 0.5) is 0 Å². The average molecular weight is 348 g/mol. The van der Waals surface area contributed by atoms with Crippen molar-refractivity contribution in [2.24, 2.45) is 0 Å². The van der Waals surface area contributed by atoms with E-state index in [0.29, 0.717) is 18.7 Å². The van der Waals surface area contributed by atoms with E-state index in [9.17, 15) is 9.59 Å². The molecule has 1 fully saturated rings. The van der Waals surface area contributed by atoms with Gasteiger partial charge in [0.1, 0.15) is 11.2 Å². The van der Waals surface area contributed by atoms with Crippen molar-refractivity contribution in [3.05, 3.63) is 82.4 Å². The predicted octanol–water partition coefficient (Wildman–Crippen LogP) is 1.65. The summed E-state index contributed by atoms with van der Waals surface area (Å²) in [7, 11) is 0. The summed E-state index contributed by atoms with van der Waals surface area (Å²) in [6, 6.07) is 15.6. The molecule has 0 spiro atoms. The lowest BCUT2D eigenvalue weighted by Gasteiger charge is -2.34. The van der Waals surface area contributed by atoms with E-state index in [1.165, 1.54) is 16.2 Å². The molecule has 0 unspecified atom stereocenters. The molecule has 2 aromatic heterocycles. The van der Waals surface area contributed by atoms with Crippen LogP contribution in [0.25, 0.3) is 5.65 Å². The van der Waals surface area contributed by atoms with Crippen LogP contribution in [-0.4, -0.2) is 51.3 Å².